The van der Waals surface area contributed by atoms with E-state index in [9.17, 15) is 62.3 Å². The number of carbonyl (C=O) groups is 2. The van der Waals surface area contributed by atoms with E-state index >= 15 is 0 Å². The summed E-state index contributed by atoms with van der Waals surface area (Å²) < 4.78 is 157. The molecule has 39 heavy (non-hydrogen) atoms. The summed E-state index contributed by atoms with van der Waals surface area (Å²) in [6.45, 7) is 0. The Morgan fingerprint density at radius 3 is 0.949 bits per heavy atom. The topological polar surface area (TPSA) is 81.1 Å². The molecule has 0 aromatic carbocycles. The SMILES string of the molecule is O=C(O)N(C1CCC(CC2CCC(N(C(=O)O)C(C(F)(F)F)C(F)(F)F)CC2)CC1)C(C(F)(F)F)C(F)(F)F. The van der Waals surface area contributed by atoms with Crippen molar-refractivity contribution >= 4 is 12.2 Å². The fraction of sp³-hybridized carbons (Fsp3) is 0.905. The Morgan fingerprint density at radius 2 is 0.769 bits per heavy atom. The Kier molecular flexibility index (Phi) is 9.84. The van der Waals surface area contributed by atoms with Crippen LogP contribution in [0, 0.1) is 11.8 Å². The largest absolute Gasteiger partial charge is 0.465 e. The maximum Gasteiger partial charge on any atom is 0.417 e. The summed E-state index contributed by atoms with van der Waals surface area (Å²) in [6.07, 6.45) is -29.0. The molecule has 2 aliphatic carbocycles. The first-order chi connectivity index (χ1) is 17.5. The molecule has 2 saturated carbocycles. The molecule has 0 atom stereocenters. The third kappa shape index (κ3) is 8.35. The molecule has 18 heteroatoms. The molecule has 0 aliphatic heterocycles. The summed E-state index contributed by atoms with van der Waals surface area (Å²) in [6, 6.07) is -11.5. The zero-order valence-electron chi connectivity index (χ0n) is 20.0. The minimum Gasteiger partial charge on any atom is -0.465 e. The number of hydrogen-bond acceptors (Lipinski definition) is 2. The third-order valence-corrected chi connectivity index (χ3v) is 7.32. The molecule has 2 rings (SSSR count). The van der Waals surface area contributed by atoms with Gasteiger partial charge in [-0.25, -0.2) is 9.59 Å². The van der Waals surface area contributed by atoms with Gasteiger partial charge in [0, 0.05) is 12.1 Å². The summed E-state index contributed by atoms with van der Waals surface area (Å²) in [4.78, 5) is 21.5. The van der Waals surface area contributed by atoms with Gasteiger partial charge in [0.25, 0.3) is 0 Å². The predicted octanol–water partition coefficient (Wildman–Crippen LogP) is 7.44. The van der Waals surface area contributed by atoms with Gasteiger partial charge in [0.15, 0.2) is 0 Å². The number of nitrogens with zero attached hydrogens (tertiary/aromatic N) is 2. The van der Waals surface area contributed by atoms with Gasteiger partial charge in [0.1, 0.15) is 0 Å². The Balaban J connectivity index is 2.01. The number of hydrogen-bond donors (Lipinski definition) is 2. The fourth-order valence-corrected chi connectivity index (χ4v) is 5.75. The summed E-state index contributed by atoms with van der Waals surface area (Å²) in [5, 5.41) is 18.3. The lowest BCUT2D eigenvalue weighted by atomic mass is 9.75. The van der Waals surface area contributed by atoms with E-state index in [0.717, 1.165) is 0 Å². The van der Waals surface area contributed by atoms with Crippen molar-refractivity contribution in [1.29, 1.82) is 0 Å². The molecular formula is C21H26F12N2O4. The van der Waals surface area contributed by atoms with Crippen LogP contribution in [0.1, 0.15) is 57.8 Å². The van der Waals surface area contributed by atoms with Gasteiger partial charge >= 0.3 is 36.9 Å². The highest BCUT2D eigenvalue weighted by molar-refractivity contribution is 5.66. The van der Waals surface area contributed by atoms with Gasteiger partial charge in [-0.3, -0.25) is 9.80 Å². The molecule has 0 heterocycles. The van der Waals surface area contributed by atoms with Crippen LogP contribution in [0.5, 0.6) is 0 Å². The number of rotatable bonds is 6. The maximum absolute atomic E-state index is 13.1. The average molecular weight is 598 g/mol. The van der Waals surface area contributed by atoms with E-state index < -0.39 is 70.9 Å². The first kappa shape index (κ1) is 32.9. The van der Waals surface area contributed by atoms with Gasteiger partial charge in [-0.2, -0.15) is 52.7 Å². The zero-order valence-corrected chi connectivity index (χ0v) is 20.0. The highest BCUT2D eigenvalue weighted by Gasteiger charge is 2.63. The molecule has 0 spiro atoms. The lowest BCUT2D eigenvalue weighted by Gasteiger charge is -2.42. The van der Waals surface area contributed by atoms with Gasteiger partial charge in [0.05, 0.1) is 0 Å². The Labute approximate surface area is 213 Å². The molecule has 0 radical (unpaired) electrons. The molecule has 2 N–H and O–H groups in total. The predicted molar refractivity (Wildman–Crippen MR) is 108 cm³/mol. The van der Waals surface area contributed by atoms with E-state index in [2.05, 4.69) is 0 Å². The molecule has 0 bridgehead atoms. The highest BCUT2D eigenvalue weighted by Crippen LogP contribution is 2.44. The minimum absolute atomic E-state index is 0.0578. The molecule has 0 aromatic heterocycles. The van der Waals surface area contributed by atoms with E-state index in [1.807, 2.05) is 0 Å². The Bertz CT molecular complexity index is 746. The standard InChI is InChI=1S/C21H26F12N2O4/c22-18(23,24)14(19(25,26)27)34(16(36)37)12-5-1-10(2-6-12)9-11-3-7-13(8-4-11)35(17(38)39)15(20(28,29)30)21(31,32)33/h10-15H,1-9H2,(H,36,37)(H,38,39). The van der Waals surface area contributed by atoms with Crippen LogP contribution >= 0.6 is 0 Å². The molecule has 0 aromatic rings. The van der Waals surface area contributed by atoms with Crippen molar-refractivity contribution in [3.05, 3.63) is 0 Å². The van der Waals surface area contributed by atoms with Crippen LogP contribution in [-0.4, -0.2) is 81.1 Å². The van der Waals surface area contributed by atoms with Crippen molar-refractivity contribution in [3.8, 4) is 0 Å². The number of halogens is 12. The lowest BCUT2D eigenvalue weighted by Crippen LogP contribution is -2.60. The van der Waals surface area contributed by atoms with Crippen LogP contribution in [0.3, 0.4) is 0 Å². The minimum atomic E-state index is -5.90. The van der Waals surface area contributed by atoms with Crippen molar-refractivity contribution in [2.24, 2.45) is 11.8 Å². The molecule has 2 aliphatic rings. The lowest BCUT2D eigenvalue weighted by molar-refractivity contribution is -0.287. The molecule has 2 fully saturated rings. The van der Waals surface area contributed by atoms with Crippen LogP contribution in [0.2, 0.25) is 0 Å². The second kappa shape index (κ2) is 11.7. The van der Waals surface area contributed by atoms with E-state index in [-0.39, 0.29) is 63.2 Å². The van der Waals surface area contributed by atoms with Gasteiger partial charge in [-0.05, 0) is 69.6 Å². The summed E-state index contributed by atoms with van der Waals surface area (Å²) in [5.41, 5.74) is 0. The Hall–Kier alpha value is -2.30. The fourth-order valence-electron chi connectivity index (χ4n) is 5.75. The molecule has 2 amide bonds. The normalized spacial score (nSPS) is 25.6. The van der Waals surface area contributed by atoms with Crippen LogP contribution in [0.4, 0.5) is 62.3 Å². The van der Waals surface area contributed by atoms with E-state index in [0.29, 0.717) is 6.42 Å². The second-order valence-electron chi connectivity index (χ2n) is 9.94. The Morgan fingerprint density at radius 1 is 0.538 bits per heavy atom. The van der Waals surface area contributed by atoms with E-state index in [1.165, 1.54) is 0 Å². The van der Waals surface area contributed by atoms with Crippen LogP contribution in [0.15, 0.2) is 0 Å². The van der Waals surface area contributed by atoms with E-state index in [4.69, 9.17) is 10.2 Å². The second-order valence-corrected chi connectivity index (χ2v) is 9.94. The van der Waals surface area contributed by atoms with Gasteiger partial charge in [-0.15, -0.1) is 0 Å². The monoisotopic (exact) mass is 598 g/mol. The zero-order chi connectivity index (χ0) is 30.1. The molecule has 6 nitrogen and oxygen atoms in total. The average Bonchev–Trinajstić information content (AvgIpc) is 2.73. The van der Waals surface area contributed by atoms with Gasteiger partial charge < -0.3 is 10.2 Å². The molecule has 0 unspecified atom stereocenters. The van der Waals surface area contributed by atoms with Crippen molar-refractivity contribution in [2.75, 3.05) is 0 Å². The molecule has 228 valence electrons. The van der Waals surface area contributed by atoms with Gasteiger partial charge in [-0.1, -0.05) is 0 Å². The maximum atomic E-state index is 13.1. The van der Waals surface area contributed by atoms with Crippen molar-refractivity contribution in [3.63, 3.8) is 0 Å². The third-order valence-electron chi connectivity index (χ3n) is 7.32. The smallest absolute Gasteiger partial charge is 0.417 e. The number of alkyl halides is 12. The summed E-state index contributed by atoms with van der Waals surface area (Å²) >= 11 is 0. The highest BCUT2D eigenvalue weighted by atomic mass is 19.4. The van der Waals surface area contributed by atoms with Crippen LogP contribution in [-0.2, 0) is 0 Å². The van der Waals surface area contributed by atoms with Crippen molar-refractivity contribution < 1.29 is 72.5 Å². The van der Waals surface area contributed by atoms with Crippen LogP contribution < -0.4 is 0 Å². The van der Waals surface area contributed by atoms with Gasteiger partial charge in [0.2, 0.25) is 12.1 Å². The van der Waals surface area contributed by atoms with E-state index in [1.54, 1.807) is 0 Å². The van der Waals surface area contributed by atoms with Crippen LogP contribution in [0.25, 0.3) is 0 Å². The molecule has 0 saturated heterocycles. The summed E-state index contributed by atoms with van der Waals surface area (Å²) in [5.74, 6) is -0.551. The van der Waals surface area contributed by atoms with Crippen molar-refractivity contribution in [1.82, 2.24) is 9.80 Å². The molecular weight excluding hydrogens is 572 g/mol. The quantitative estimate of drug-likeness (QED) is 0.312. The number of amides is 2. The first-order valence-electron chi connectivity index (χ1n) is 11.8. The first-order valence-corrected chi connectivity index (χ1v) is 11.8. The van der Waals surface area contributed by atoms with Crippen molar-refractivity contribution in [2.45, 2.75) is 107 Å². The number of carboxylic acid groups (broad SMARTS) is 2. The summed E-state index contributed by atoms with van der Waals surface area (Å²) in [7, 11) is 0.